The van der Waals surface area contributed by atoms with Gasteiger partial charge in [0.05, 0.1) is 6.10 Å². The van der Waals surface area contributed by atoms with Gasteiger partial charge < -0.3 is 5.11 Å². The van der Waals surface area contributed by atoms with Gasteiger partial charge in [-0.15, -0.1) is 0 Å². The van der Waals surface area contributed by atoms with Crippen molar-refractivity contribution in [2.75, 3.05) is 0 Å². The van der Waals surface area contributed by atoms with E-state index in [-0.39, 0.29) is 6.10 Å². The van der Waals surface area contributed by atoms with Crippen LogP contribution in [0, 0.1) is 46.3 Å². The summed E-state index contributed by atoms with van der Waals surface area (Å²) in [6.07, 6.45) is 15.5. The predicted octanol–water partition coefficient (Wildman–Crippen LogP) is 8.78. The fourth-order valence-corrected chi connectivity index (χ4v) is 9.68. The Kier molecular flexibility index (Phi) is 6.82. The van der Waals surface area contributed by atoms with E-state index in [0.717, 1.165) is 48.3 Å². The van der Waals surface area contributed by atoms with Gasteiger partial charge in [-0.25, -0.2) is 0 Å². The molecule has 3 fully saturated rings. The molecule has 1 aromatic carbocycles. The second-order valence-corrected chi connectivity index (χ2v) is 13.8. The molecule has 3 saturated carbocycles. The molecule has 0 spiro atoms. The van der Waals surface area contributed by atoms with Crippen LogP contribution >= 0.6 is 0 Å². The summed E-state index contributed by atoms with van der Waals surface area (Å²) in [6, 6.07) is 11.4. The summed E-state index contributed by atoms with van der Waals surface area (Å²) >= 11 is 0. The number of benzene rings is 1. The Labute approximate surface area is 209 Å². The van der Waals surface area contributed by atoms with Gasteiger partial charge in [0.15, 0.2) is 0 Å². The number of aliphatic hydroxyl groups excluding tert-OH is 1. The predicted molar refractivity (Wildman–Crippen MR) is 144 cm³/mol. The lowest BCUT2D eigenvalue weighted by molar-refractivity contribution is -0.0644. The van der Waals surface area contributed by atoms with Crippen molar-refractivity contribution in [3.63, 3.8) is 0 Å². The monoisotopic (exact) mass is 462 g/mol. The lowest BCUT2D eigenvalue weighted by Gasteiger charge is -2.60. The number of fused-ring (bicyclic) bond motifs is 5. The Hall–Kier alpha value is -1.08. The Bertz CT molecular complexity index is 870. The van der Waals surface area contributed by atoms with Crippen molar-refractivity contribution in [1.29, 1.82) is 0 Å². The van der Waals surface area contributed by atoms with Crippen LogP contribution in [0.5, 0.6) is 0 Å². The SMILES string of the molecule is CC(C)CCC[C@@H](C)[C@H]1CC[C@H]2[C@@H]3[C@@H](c4ccccc4)C=C4C[C@@H](O)CC[C@]4(C)[C@H]3CC[C@]12C. The molecule has 1 heteroatoms. The third kappa shape index (κ3) is 4.12. The molecule has 1 N–H and O–H groups in total. The molecule has 0 heterocycles. The minimum atomic E-state index is -0.135. The molecule has 0 radical (unpaired) electrons. The largest absolute Gasteiger partial charge is 0.393 e. The number of aliphatic hydroxyl groups is 1. The Balaban J connectivity index is 1.48. The second-order valence-electron chi connectivity index (χ2n) is 13.8. The molecular formula is C33H50O. The van der Waals surface area contributed by atoms with Crippen molar-refractivity contribution >= 4 is 0 Å². The van der Waals surface area contributed by atoms with E-state index in [9.17, 15) is 5.11 Å². The molecule has 1 nitrogen and oxygen atoms in total. The van der Waals surface area contributed by atoms with Crippen LogP contribution in [0.2, 0.25) is 0 Å². The number of allylic oxidation sites excluding steroid dienone is 1. The lowest BCUT2D eigenvalue weighted by Crippen LogP contribution is -2.53. The van der Waals surface area contributed by atoms with Crippen molar-refractivity contribution in [3.05, 3.63) is 47.5 Å². The molecule has 0 bridgehead atoms. The van der Waals surface area contributed by atoms with Gasteiger partial charge in [0, 0.05) is 5.92 Å². The first-order chi connectivity index (χ1) is 16.2. The summed E-state index contributed by atoms with van der Waals surface area (Å²) in [4.78, 5) is 0. The second kappa shape index (κ2) is 9.42. The summed E-state index contributed by atoms with van der Waals surface area (Å²) < 4.78 is 0. The van der Waals surface area contributed by atoms with Crippen LogP contribution in [-0.2, 0) is 0 Å². The molecule has 1 aromatic rings. The molecular weight excluding hydrogens is 412 g/mol. The van der Waals surface area contributed by atoms with Crippen molar-refractivity contribution in [2.45, 2.75) is 111 Å². The van der Waals surface area contributed by atoms with E-state index in [4.69, 9.17) is 0 Å². The van der Waals surface area contributed by atoms with Gasteiger partial charge in [0.1, 0.15) is 0 Å². The van der Waals surface area contributed by atoms with Gasteiger partial charge in [-0.1, -0.05) is 95.9 Å². The van der Waals surface area contributed by atoms with Gasteiger partial charge in [-0.05, 0) is 96.8 Å². The minimum Gasteiger partial charge on any atom is -0.393 e. The van der Waals surface area contributed by atoms with Crippen LogP contribution in [0.1, 0.15) is 110 Å². The highest BCUT2D eigenvalue weighted by Crippen LogP contribution is 2.69. The molecule has 188 valence electrons. The van der Waals surface area contributed by atoms with Gasteiger partial charge >= 0.3 is 0 Å². The number of hydrogen-bond acceptors (Lipinski definition) is 1. The molecule has 9 atom stereocenters. The Morgan fingerprint density at radius 2 is 1.68 bits per heavy atom. The summed E-state index contributed by atoms with van der Waals surface area (Å²) in [5, 5.41) is 10.6. The van der Waals surface area contributed by atoms with Crippen LogP contribution in [0.3, 0.4) is 0 Å². The molecule has 0 amide bonds. The zero-order chi connectivity index (χ0) is 24.1. The molecule has 0 unspecified atom stereocenters. The lowest BCUT2D eigenvalue weighted by atomic mass is 9.44. The summed E-state index contributed by atoms with van der Waals surface area (Å²) in [5.41, 5.74) is 3.91. The van der Waals surface area contributed by atoms with Crippen molar-refractivity contribution in [3.8, 4) is 0 Å². The zero-order valence-electron chi connectivity index (χ0n) is 22.6. The summed E-state index contributed by atoms with van der Waals surface area (Å²) in [7, 11) is 0. The zero-order valence-corrected chi connectivity index (χ0v) is 22.6. The normalized spacial score (nSPS) is 42.5. The van der Waals surface area contributed by atoms with Crippen molar-refractivity contribution in [2.24, 2.45) is 46.3 Å². The Morgan fingerprint density at radius 1 is 0.912 bits per heavy atom. The van der Waals surface area contributed by atoms with E-state index in [1.54, 1.807) is 5.57 Å². The highest BCUT2D eigenvalue weighted by Gasteiger charge is 2.61. The molecule has 4 aliphatic rings. The van der Waals surface area contributed by atoms with Gasteiger partial charge in [0.2, 0.25) is 0 Å². The van der Waals surface area contributed by atoms with E-state index in [1.165, 1.54) is 56.9 Å². The molecule has 34 heavy (non-hydrogen) atoms. The van der Waals surface area contributed by atoms with Crippen molar-refractivity contribution in [1.82, 2.24) is 0 Å². The topological polar surface area (TPSA) is 20.2 Å². The third-order valence-corrected chi connectivity index (χ3v) is 11.5. The first-order valence-corrected chi connectivity index (χ1v) is 14.7. The third-order valence-electron chi connectivity index (χ3n) is 11.5. The average molecular weight is 463 g/mol. The van der Waals surface area contributed by atoms with Crippen molar-refractivity contribution < 1.29 is 5.11 Å². The minimum absolute atomic E-state index is 0.135. The van der Waals surface area contributed by atoms with Crippen LogP contribution in [-0.4, -0.2) is 11.2 Å². The van der Waals surface area contributed by atoms with Crippen LogP contribution in [0.4, 0.5) is 0 Å². The average Bonchev–Trinajstić information content (AvgIpc) is 3.17. The smallest absolute Gasteiger partial charge is 0.0577 e. The van der Waals surface area contributed by atoms with E-state index < -0.39 is 0 Å². The first-order valence-electron chi connectivity index (χ1n) is 14.7. The fraction of sp³-hybridized carbons (Fsp3) is 0.758. The fourth-order valence-electron chi connectivity index (χ4n) is 9.68. The van der Waals surface area contributed by atoms with Gasteiger partial charge in [-0.3, -0.25) is 0 Å². The van der Waals surface area contributed by atoms with E-state index in [0.29, 0.717) is 16.7 Å². The first kappa shape index (κ1) is 24.6. The van der Waals surface area contributed by atoms with E-state index in [2.05, 4.69) is 71.0 Å². The van der Waals surface area contributed by atoms with Crippen LogP contribution in [0.15, 0.2) is 42.0 Å². The maximum absolute atomic E-state index is 10.6. The quantitative estimate of drug-likeness (QED) is 0.419. The molecule has 0 aromatic heterocycles. The van der Waals surface area contributed by atoms with Crippen LogP contribution < -0.4 is 0 Å². The van der Waals surface area contributed by atoms with Crippen LogP contribution in [0.25, 0.3) is 0 Å². The standard InChI is InChI=1S/C33H50O/c1-22(2)10-9-11-23(3)28-14-15-29-31-27(24-12-7-6-8-13-24)21-25-20-26(34)16-18-32(25,4)30(31)17-19-33(28,29)5/h6-8,12-13,21-23,26-31,34H,9-11,14-20H2,1-5H3/t23-,26+,27-,28-,29+,30+,31+,32+,33-/m1/s1. The Morgan fingerprint density at radius 3 is 2.41 bits per heavy atom. The van der Waals surface area contributed by atoms with E-state index in [1.807, 2.05) is 0 Å². The molecule has 4 aliphatic carbocycles. The van der Waals surface area contributed by atoms with E-state index >= 15 is 0 Å². The maximum Gasteiger partial charge on any atom is 0.0577 e. The summed E-state index contributed by atoms with van der Waals surface area (Å²) in [6.45, 7) is 12.6. The molecule has 5 rings (SSSR count). The number of rotatable bonds is 6. The number of hydrogen-bond donors (Lipinski definition) is 1. The van der Waals surface area contributed by atoms with Gasteiger partial charge in [0.25, 0.3) is 0 Å². The highest BCUT2D eigenvalue weighted by molar-refractivity contribution is 5.35. The molecule has 0 aliphatic heterocycles. The highest BCUT2D eigenvalue weighted by atomic mass is 16.3. The maximum atomic E-state index is 10.6. The summed E-state index contributed by atoms with van der Waals surface area (Å²) in [5.74, 6) is 5.49. The van der Waals surface area contributed by atoms with Gasteiger partial charge in [-0.2, -0.15) is 0 Å². The molecule has 0 saturated heterocycles.